The number of para-hydroxylation sites is 1. The smallest absolute Gasteiger partial charge is 0.257 e. The second-order valence-corrected chi connectivity index (χ2v) is 6.24. The van der Waals surface area contributed by atoms with Crippen LogP contribution < -0.4 is 4.74 Å². The third-order valence-corrected chi connectivity index (χ3v) is 2.76. The van der Waals surface area contributed by atoms with Gasteiger partial charge < -0.3 is 14.5 Å². The third-order valence-electron chi connectivity index (χ3n) is 2.76. The first-order valence-electron chi connectivity index (χ1n) is 6.89. The van der Waals surface area contributed by atoms with Gasteiger partial charge in [0.15, 0.2) is 0 Å². The van der Waals surface area contributed by atoms with Crippen LogP contribution >= 0.6 is 0 Å². The van der Waals surface area contributed by atoms with Gasteiger partial charge in [0.25, 0.3) is 5.91 Å². The lowest BCUT2D eigenvalue weighted by atomic mass is 10.1. The molecule has 0 saturated carbocycles. The van der Waals surface area contributed by atoms with Gasteiger partial charge in [0.05, 0.1) is 5.56 Å². The lowest BCUT2D eigenvalue weighted by Gasteiger charge is -2.25. The summed E-state index contributed by atoms with van der Waals surface area (Å²) < 4.78 is 5.87. The number of amides is 1. The predicted molar refractivity (Wildman–Crippen MR) is 82.3 cm³/mol. The van der Waals surface area contributed by atoms with E-state index in [4.69, 9.17) is 4.74 Å². The van der Waals surface area contributed by atoms with Crippen LogP contribution in [-0.4, -0.2) is 55.5 Å². The first-order valence-corrected chi connectivity index (χ1v) is 6.89. The number of benzene rings is 1. The number of carbonyl (C=O) groups excluding carboxylic acids is 1. The van der Waals surface area contributed by atoms with Gasteiger partial charge in [-0.15, -0.1) is 0 Å². The molecule has 0 spiro atoms. The van der Waals surface area contributed by atoms with Crippen molar-refractivity contribution < 1.29 is 9.53 Å². The second-order valence-electron chi connectivity index (χ2n) is 6.24. The van der Waals surface area contributed by atoms with Crippen molar-refractivity contribution in [2.75, 3.05) is 34.2 Å². The molecule has 0 bridgehead atoms. The largest absolute Gasteiger partial charge is 0.487 e. The summed E-state index contributed by atoms with van der Waals surface area (Å²) in [7, 11) is 5.81. The molecule has 1 aromatic rings. The number of rotatable bonds is 5. The van der Waals surface area contributed by atoms with Gasteiger partial charge in [-0.1, -0.05) is 12.1 Å². The fourth-order valence-corrected chi connectivity index (χ4v) is 1.72. The quantitative estimate of drug-likeness (QED) is 0.829. The maximum Gasteiger partial charge on any atom is 0.257 e. The van der Waals surface area contributed by atoms with Crippen LogP contribution in [0.1, 0.15) is 31.1 Å². The minimum atomic E-state index is -0.321. The number of hydrogen-bond donors (Lipinski definition) is 0. The molecule has 4 nitrogen and oxygen atoms in total. The molecule has 1 rings (SSSR count). The van der Waals surface area contributed by atoms with E-state index < -0.39 is 0 Å². The van der Waals surface area contributed by atoms with Crippen molar-refractivity contribution in [3.8, 4) is 5.75 Å². The molecule has 0 unspecified atom stereocenters. The molecule has 0 radical (unpaired) electrons. The summed E-state index contributed by atoms with van der Waals surface area (Å²) in [4.78, 5) is 16.3. The summed E-state index contributed by atoms with van der Waals surface area (Å²) in [6, 6.07) is 7.41. The Kier molecular flexibility index (Phi) is 5.57. The van der Waals surface area contributed by atoms with Gasteiger partial charge >= 0.3 is 0 Å². The minimum Gasteiger partial charge on any atom is -0.487 e. The Morgan fingerprint density at radius 2 is 1.70 bits per heavy atom. The molecule has 0 heterocycles. The van der Waals surface area contributed by atoms with Gasteiger partial charge in [-0.2, -0.15) is 0 Å². The molecule has 0 aliphatic carbocycles. The van der Waals surface area contributed by atoms with Crippen LogP contribution in [0.5, 0.6) is 5.75 Å². The van der Waals surface area contributed by atoms with Crippen LogP contribution in [0, 0.1) is 0 Å². The summed E-state index contributed by atoms with van der Waals surface area (Å²) in [6.45, 7) is 7.46. The average molecular weight is 278 g/mol. The SMILES string of the molecule is CN(C)CCN(C)C(=O)c1ccccc1OC(C)(C)C. The highest BCUT2D eigenvalue weighted by molar-refractivity contribution is 5.96. The molecule has 1 aromatic carbocycles. The van der Waals surface area contributed by atoms with E-state index in [9.17, 15) is 4.79 Å². The predicted octanol–water partition coefficient (Wildman–Crippen LogP) is 2.50. The van der Waals surface area contributed by atoms with E-state index in [-0.39, 0.29) is 11.5 Å². The molecule has 0 N–H and O–H groups in total. The van der Waals surface area contributed by atoms with Crippen LogP contribution in [0.2, 0.25) is 0 Å². The highest BCUT2D eigenvalue weighted by atomic mass is 16.5. The van der Waals surface area contributed by atoms with E-state index in [2.05, 4.69) is 4.90 Å². The van der Waals surface area contributed by atoms with Crippen molar-refractivity contribution in [1.29, 1.82) is 0 Å². The number of nitrogens with zero attached hydrogens (tertiary/aromatic N) is 2. The molecule has 0 aromatic heterocycles. The Morgan fingerprint density at radius 1 is 1.10 bits per heavy atom. The zero-order valence-electron chi connectivity index (χ0n) is 13.4. The zero-order chi connectivity index (χ0) is 15.3. The Balaban J connectivity index is 2.87. The van der Waals surface area contributed by atoms with Crippen LogP contribution in [0.3, 0.4) is 0 Å². The van der Waals surface area contributed by atoms with E-state index in [1.807, 2.05) is 66.2 Å². The van der Waals surface area contributed by atoms with Crippen molar-refractivity contribution >= 4 is 5.91 Å². The number of carbonyl (C=O) groups is 1. The van der Waals surface area contributed by atoms with E-state index in [0.717, 1.165) is 6.54 Å². The Hall–Kier alpha value is -1.55. The first kappa shape index (κ1) is 16.5. The molecular weight excluding hydrogens is 252 g/mol. The minimum absolute atomic E-state index is 0.00769. The van der Waals surface area contributed by atoms with Crippen molar-refractivity contribution in [2.45, 2.75) is 26.4 Å². The molecule has 112 valence electrons. The van der Waals surface area contributed by atoms with Gasteiger partial charge in [0, 0.05) is 20.1 Å². The first-order chi connectivity index (χ1) is 9.20. The topological polar surface area (TPSA) is 32.8 Å². The number of ether oxygens (including phenoxy) is 1. The van der Waals surface area contributed by atoms with Crippen LogP contribution in [0.15, 0.2) is 24.3 Å². The van der Waals surface area contributed by atoms with Gasteiger partial charge in [-0.05, 0) is 47.0 Å². The molecule has 20 heavy (non-hydrogen) atoms. The molecule has 0 fully saturated rings. The van der Waals surface area contributed by atoms with Gasteiger partial charge in [0.1, 0.15) is 11.4 Å². The van der Waals surface area contributed by atoms with E-state index in [1.165, 1.54) is 0 Å². The molecule has 0 atom stereocenters. The zero-order valence-corrected chi connectivity index (χ0v) is 13.4. The average Bonchev–Trinajstić information content (AvgIpc) is 2.33. The fraction of sp³-hybridized carbons (Fsp3) is 0.562. The normalized spacial score (nSPS) is 11.6. The lowest BCUT2D eigenvalue weighted by Crippen LogP contribution is -2.34. The summed E-state index contributed by atoms with van der Waals surface area (Å²) in [5, 5.41) is 0. The third kappa shape index (κ3) is 5.21. The monoisotopic (exact) mass is 278 g/mol. The number of likely N-dealkylation sites (N-methyl/N-ethyl adjacent to an activating group) is 2. The van der Waals surface area contributed by atoms with E-state index >= 15 is 0 Å². The molecular formula is C16H26N2O2. The van der Waals surface area contributed by atoms with Crippen LogP contribution in [0.4, 0.5) is 0 Å². The van der Waals surface area contributed by atoms with Crippen LogP contribution in [0.25, 0.3) is 0 Å². The van der Waals surface area contributed by atoms with Crippen molar-refractivity contribution in [1.82, 2.24) is 9.80 Å². The molecule has 0 saturated heterocycles. The molecule has 1 amide bonds. The molecule has 0 aliphatic rings. The highest BCUT2D eigenvalue weighted by Gasteiger charge is 2.20. The Labute approximate surface area is 122 Å². The van der Waals surface area contributed by atoms with Crippen molar-refractivity contribution in [3.05, 3.63) is 29.8 Å². The number of hydrogen-bond acceptors (Lipinski definition) is 3. The Morgan fingerprint density at radius 3 is 2.25 bits per heavy atom. The highest BCUT2D eigenvalue weighted by Crippen LogP contribution is 2.24. The summed E-state index contributed by atoms with van der Waals surface area (Å²) in [5.74, 6) is 0.633. The fourth-order valence-electron chi connectivity index (χ4n) is 1.72. The second kappa shape index (κ2) is 6.75. The summed E-state index contributed by atoms with van der Waals surface area (Å²) in [6.07, 6.45) is 0. The standard InChI is InChI=1S/C16H26N2O2/c1-16(2,3)20-14-10-8-7-9-13(14)15(19)18(6)12-11-17(4)5/h7-10H,11-12H2,1-6H3. The van der Waals surface area contributed by atoms with Crippen LogP contribution in [-0.2, 0) is 0 Å². The van der Waals surface area contributed by atoms with E-state index in [1.54, 1.807) is 4.90 Å². The Bertz CT molecular complexity index is 450. The maximum absolute atomic E-state index is 12.5. The van der Waals surface area contributed by atoms with Crippen molar-refractivity contribution in [3.63, 3.8) is 0 Å². The summed E-state index contributed by atoms with van der Waals surface area (Å²) >= 11 is 0. The molecule has 4 heteroatoms. The van der Waals surface area contributed by atoms with Gasteiger partial charge in [0.2, 0.25) is 0 Å². The summed E-state index contributed by atoms with van der Waals surface area (Å²) in [5.41, 5.74) is 0.294. The lowest BCUT2D eigenvalue weighted by molar-refractivity contribution is 0.0769. The van der Waals surface area contributed by atoms with Crippen molar-refractivity contribution in [2.24, 2.45) is 0 Å². The molecule has 0 aliphatic heterocycles. The van der Waals surface area contributed by atoms with Gasteiger partial charge in [-0.3, -0.25) is 4.79 Å². The maximum atomic E-state index is 12.5. The van der Waals surface area contributed by atoms with Gasteiger partial charge in [-0.25, -0.2) is 0 Å². The van der Waals surface area contributed by atoms with E-state index in [0.29, 0.717) is 17.9 Å².